The Kier molecular flexibility index (Phi) is 2.71. The molecule has 0 radical (unpaired) electrons. The topological polar surface area (TPSA) is 63.3 Å². The molecule has 1 heterocycles. The number of rotatable bonds is 1. The molecule has 5 heteroatoms. The number of hydrogen-bond acceptors (Lipinski definition) is 3. The minimum Gasteiger partial charge on any atom is -0.308 e. The molecular formula is C7H9FN4. The summed E-state index contributed by atoms with van der Waals surface area (Å²) in [4.78, 5) is 7.35. The largest absolute Gasteiger partial charge is 0.308 e. The van der Waals surface area contributed by atoms with Gasteiger partial charge in [-0.05, 0) is 6.07 Å². The van der Waals surface area contributed by atoms with Crippen LogP contribution >= 0.6 is 0 Å². The zero-order valence-corrected chi connectivity index (χ0v) is 6.58. The van der Waals surface area contributed by atoms with Gasteiger partial charge in [0.1, 0.15) is 5.84 Å². The Labute approximate surface area is 69.3 Å². The molecule has 0 aromatic carbocycles. The summed E-state index contributed by atoms with van der Waals surface area (Å²) in [5.74, 6) is 4.97. The normalized spacial score (nSPS) is 11.4. The molecule has 0 aliphatic carbocycles. The van der Waals surface area contributed by atoms with Crippen LogP contribution in [0.3, 0.4) is 0 Å². The van der Waals surface area contributed by atoms with Crippen LogP contribution in [0.1, 0.15) is 5.56 Å². The Balaban J connectivity index is 3.10. The average molecular weight is 168 g/mol. The van der Waals surface area contributed by atoms with Gasteiger partial charge in [-0.15, -0.1) is 0 Å². The van der Waals surface area contributed by atoms with Gasteiger partial charge in [0, 0.05) is 13.2 Å². The minimum atomic E-state index is -0.448. The number of halogens is 1. The van der Waals surface area contributed by atoms with Crippen LogP contribution in [0, 0.1) is 5.82 Å². The second-order valence-electron chi connectivity index (χ2n) is 2.07. The van der Waals surface area contributed by atoms with E-state index in [-0.39, 0.29) is 0 Å². The molecule has 0 saturated heterocycles. The molecule has 64 valence electrons. The van der Waals surface area contributed by atoms with Gasteiger partial charge in [0.05, 0.1) is 11.8 Å². The van der Waals surface area contributed by atoms with Crippen LogP contribution in [0.25, 0.3) is 0 Å². The van der Waals surface area contributed by atoms with Gasteiger partial charge < -0.3 is 5.43 Å². The Hall–Kier alpha value is -1.49. The first-order valence-corrected chi connectivity index (χ1v) is 3.33. The van der Waals surface area contributed by atoms with Crippen LogP contribution in [0.4, 0.5) is 4.39 Å². The average Bonchev–Trinajstić information content (AvgIpc) is 2.10. The van der Waals surface area contributed by atoms with E-state index >= 15 is 0 Å². The Morgan fingerprint density at radius 1 is 1.75 bits per heavy atom. The van der Waals surface area contributed by atoms with E-state index < -0.39 is 5.82 Å². The van der Waals surface area contributed by atoms with Gasteiger partial charge in [-0.3, -0.25) is 9.98 Å². The lowest BCUT2D eigenvalue weighted by Crippen LogP contribution is -2.31. The predicted molar refractivity (Wildman–Crippen MR) is 44.0 cm³/mol. The molecule has 0 amide bonds. The van der Waals surface area contributed by atoms with Crippen molar-refractivity contribution >= 4 is 5.84 Å². The second-order valence-corrected chi connectivity index (χ2v) is 2.07. The van der Waals surface area contributed by atoms with E-state index in [0.29, 0.717) is 11.4 Å². The zero-order valence-electron chi connectivity index (χ0n) is 6.58. The second kappa shape index (κ2) is 3.77. The van der Waals surface area contributed by atoms with Crippen molar-refractivity contribution in [1.82, 2.24) is 10.4 Å². The molecule has 0 spiro atoms. The summed E-state index contributed by atoms with van der Waals surface area (Å²) in [6, 6.07) is 1.50. The smallest absolute Gasteiger partial charge is 0.152 e. The molecule has 0 atom stereocenters. The van der Waals surface area contributed by atoms with E-state index in [0.717, 1.165) is 6.20 Å². The van der Waals surface area contributed by atoms with E-state index in [2.05, 4.69) is 15.4 Å². The highest BCUT2D eigenvalue weighted by atomic mass is 19.1. The van der Waals surface area contributed by atoms with Crippen LogP contribution in [0.5, 0.6) is 0 Å². The van der Waals surface area contributed by atoms with Gasteiger partial charge >= 0.3 is 0 Å². The summed E-state index contributed by atoms with van der Waals surface area (Å²) in [7, 11) is 1.52. The third kappa shape index (κ3) is 1.57. The van der Waals surface area contributed by atoms with Crippen LogP contribution < -0.4 is 11.3 Å². The number of amidine groups is 1. The zero-order chi connectivity index (χ0) is 8.97. The maximum Gasteiger partial charge on any atom is 0.152 e. The maximum absolute atomic E-state index is 13.0. The summed E-state index contributed by atoms with van der Waals surface area (Å²) in [5.41, 5.74) is 2.61. The molecule has 0 bridgehead atoms. The number of aromatic nitrogens is 1. The lowest BCUT2D eigenvalue weighted by Gasteiger charge is -2.04. The summed E-state index contributed by atoms with van der Waals surface area (Å²) >= 11 is 0. The highest BCUT2D eigenvalue weighted by Crippen LogP contribution is 2.03. The number of nitrogens with zero attached hydrogens (tertiary/aromatic N) is 2. The molecule has 0 unspecified atom stereocenters. The third-order valence-corrected chi connectivity index (χ3v) is 1.39. The standard InChI is InChI=1S/C7H9FN4/c1-10-7(12-9)5-2-3-11-4-6(5)8/h2-4H,9H2,1H3,(H,10,12). The highest BCUT2D eigenvalue weighted by molar-refractivity contribution is 5.98. The van der Waals surface area contributed by atoms with Crippen molar-refractivity contribution in [3.63, 3.8) is 0 Å². The molecule has 12 heavy (non-hydrogen) atoms. The quantitative estimate of drug-likeness (QED) is 0.270. The molecule has 1 aromatic heterocycles. The number of nitrogens with one attached hydrogen (secondary N) is 1. The molecule has 0 aliphatic rings. The van der Waals surface area contributed by atoms with Crippen molar-refractivity contribution in [3.8, 4) is 0 Å². The molecule has 0 saturated carbocycles. The monoisotopic (exact) mass is 168 g/mol. The van der Waals surface area contributed by atoms with E-state index in [1.54, 1.807) is 0 Å². The van der Waals surface area contributed by atoms with Crippen LogP contribution in [-0.4, -0.2) is 17.9 Å². The van der Waals surface area contributed by atoms with E-state index in [9.17, 15) is 4.39 Å². The van der Waals surface area contributed by atoms with E-state index in [1.165, 1.54) is 19.3 Å². The maximum atomic E-state index is 13.0. The molecule has 1 aromatic rings. The van der Waals surface area contributed by atoms with Crippen molar-refractivity contribution in [2.45, 2.75) is 0 Å². The molecule has 3 N–H and O–H groups in total. The fourth-order valence-electron chi connectivity index (χ4n) is 0.830. The summed E-state index contributed by atoms with van der Waals surface area (Å²) in [6.45, 7) is 0. The van der Waals surface area contributed by atoms with Gasteiger partial charge in [-0.25, -0.2) is 10.2 Å². The van der Waals surface area contributed by atoms with Crippen molar-refractivity contribution in [1.29, 1.82) is 0 Å². The minimum absolute atomic E-state index is 0.301. The van der Waals surface area contributed by atoms with E-state index in [1.807, 2.05) is 0 Å². The first kappa shape index (κ1) is 8.61. The fraction of sp³-hybridized carbons (Fsp3) is 0.143. The lowest BCUT2D eigenvalue weighted by atomic mass is 10.2. The summed E-state index contributed by atoms with van der Waals surface area (Å²) < 4.78 is 13.0. The predicted octanol–water partition coefficient (Wildman–Crippen LogP) is 0.0604. The van der Waals surface area contributed by atoms with Crippen molar-refractivity contribution in [2.24, 2.45) is 10.8 Å². The molecule has 0 aliphatic heterocycles. The number of pyridine rings is 1. The molecule has 1 rings (SSSR count). The van der Waals surface area contributed by atoms with Crippen LogP contribution in [-0.2, 0) is 0 Å². The number of aliphatic imine (C=N–C) groups is 1. The van der Waals surface area contributed by atoms with E-state index in [4.69, 9.17) is 5.84 Å². The van der Waals surface area contributed by atoms with Crippen molar-refractivity contribution < 1.29 is 4.39 Å². The highest BCUT2D eigenvalue weighted by Gasteiger charge is 2.05. The van der Waals surface area contributed by atoms with Gasteiger partial charge in [-0.2, -0.15) is 0 Å². The van der Waals surface area contributed by atoms with Crippen LogP contribution in [0.15, 0.2) is 23.5 Å². The SMILES string of the molecule is CN=C(NN)c1ccncc1F. The number of hydrogen-bond donors (Lipinski definition) is 2. The van der Waals surface area contributed by atoms with Gasteiger partial charge in [0.25, 0.3) is 0 Å². The van der Waals surface area contributed by atoms with Crippen LogP contribution in [0.2, 0.25) is 0 Å². The third-order valence-electron chi connectivity index (χ3n) is 1.39. The fourth-order valence-corrected chi connectivity index (χ4v) is 0.830. The Bertz CT molecular complexity index is 297. The van der Waals surface area contributed by atoms with Crippen molar-refractivity contribution in [2.75, 3.05) is 7.05 Å². The first-order chi connectivity index (χ1) is 5.79. The van der Waals surface area contributed by atoms with Gasteiger partial charge in [0.2, 0.25) is 0 Å². The van der Waals surface area contributed by atoms with Crippen molar-refractivity contribution in [3.05, 3.63) is 29.8 Å². The first-order valence-electron chi connectivity index (χ1n) is 3.33. The number of nitrogens with two attached hydrogens (primary N) is 1. The number of hydrazine groups is 1. The molecule has 0 fully saturated rings. The van der Waals surface area contributed by atoms with Gasteiger partial charge in [0.15, 0.2) is 5.82 Å². The molecule has 4 nitrogen and oxygen atoms in total. The Morgan fingerprint density at radius 2 is 2.50 bits per heavy atom. The Morgan fingerprint density at radius 3 is 3.00 bits per heavy atom. The summed E-state index contributed by atoms with van der Waals surface area (Å²) in [6.07, 6.45) is 2.58. The lowest BCUT2D eigenvalue weighted by molar-refractivity contribution is 0.617. The van der Waals surface area contributed by atoms with Gasteiger partial charge in [-0.1, -0.05) is 0 Å². The molecular weight excluding hydrogens is 159 g/mol. The summed E-state index contributed by atoms with van der Waals surface area (Å²) in [5, 5.41) is 0.